The zero-order valence-electron chi connectivity index (χ0n) is 13.8. The third kappa shape index (κ3) is 2.65. The monoisotopic (exact) mass is 318 g/mol. The molecule has 2 N–H and O–H groups in total. The molecule has 3 nitrogen and oxygen atoms in total. The van der Waals surface area contributed by atoms with Gasteiger partial charge in [-0.05, 0) is 79.2 Å². The highest BCUT2D eigenvalue weighted by atomic mass is 16.3. The Morgan fingerprint density at radius 1 is 1.04 bits per heavy atom. The Bertz CT molecular complexity index is 828. The lowest BCUT2D eigenvalue weighted by Crippen LogP contribution is -2.24. The Hall–Kier alpha value is -2.39. The van der Waals surface area contributed by atoms with Crippen LogP contribution in [0.25, 0.3) is 11.6 Å². The number of hydrogen-bond acceptors (Lipinski definition) is 3. The third-order valence-corrected chi connectivity index (χ3v) is 5.04. The van der Waals surface area contributed by atoms with Gasteiger partial charge in [0.1, 0.15) is 5.75 Å². The minimum atomic E-state index is 0.342. The number of rotatable bonds is 1. The number of phenolic OH excluding ortho intramolecular Hbond substituents is 1. The van der Waals surface area contributed by atoms with Crippen LogP contribution in [0.1, 0.15) is 40.8 Å². The van der Waals surface area contributed by atoms with Crippen molar-refractivity contribution in [1.29, 1.82) is 0 Å². The van der Waals surface area contributed by atoms with E-state index in [-0.39, 0.29) is 0 Å². The van der Waals surface area contributed by atoms with Crippen LogP contribution >= 0.6 is 0 Å². The van der Waals surface area contributed by atoms with E-state index in [1.807, 2.05) is 18.3 Å². The lowest BCUT2D eigenvalue weighted by molar-refractivity contribution is 0.474. The zero-order valence-corrected chi connectivity index (χ0v) is 13.8. The number of aromatic nitrogens is 1. The molecule has 1 aromatic carbocycles. The van der Waals surface area contributed by atoms with E-state index in [0.717, 1.165) is 50.0 Å². The van der Waals surface area contributed by atoms with Crippen LogP contribution in [0, 0.1) is 0 Å². The van der Waals surface area contributed by atoms with Crippen LogP contribution in [0.4, 0.5) is 0 Å². The van der Waals surface area contributed by atoms with Gasteiger partial charge in [0.15, 0.2) is 0 Å². The second-order valence-corrected chi connectivity index (χ2v) is 6.55. The van der Waals surface area contributed by atoms with Gasteiger partial charge in [-0.1, -0.05) is 24.3 Å². The van der Waals surface area contributed by atoms with Gasteiger partial charge in [-0.3, -0.25) is 4.98 Å². The summed E-state index contributed by atoms with van der Waals surface area (Å²) < 4.78 is 0. The molecule has 1 aromatic heterocycles. The van der Waals surface area contributed by atoms with Gasteiger partial charge >= 0.3 is 0 Å². The number of nitrogens with zero attached hydrogens (tertiary/aromatic N) is 1. The summed E-state index contributed by atoms with van der Waals surface area (Å²) in [5, 5.41) is 13.4. The second kappa shape index (κ2) is 6.25. The van der Waals surface area contributed by atoms with Crippen LogP contribution in [0.5, 0.6) is 5.75 Å². The standard InChI is InChI=1S/C21H22N2O/c1-2-14-11-17-4-3-16-12-18(24)5-6-19(16)20(21(17)23-13-14)15-7-9-22-10-8-15/h2,5-6,11-13,22,24H,1,3-4,7-10H2. The summed E-state index contributed by atoms with van der Waals surface area (Å²) in [6.45, 7) is 5.91. The highest BCUT2D eigenvalue weighted by Crippen LogP contribution is 2.38. The predicted octanol–water partition coefficient (Wildman–Crippen LogP) is 3.71. The number of benzene rings is 1. The topological polar surface area (TPSA) is 45.2 Å². The summed E-state index contributed by atoms with van der Waals surface area (Å²) in [6.07, 6.45) is 7.75. The van der Waals surface area contributed by atoms with Crippen molar-refractivity contribution in [2.45, 2.75) is 25.7 Å². The third-order valence-electron chi connectivity index (χ3n) is 5.04. The van der Waals surface area contributed by atoms with Crippen molar-refractivity contribution < 1.29 is 5.11 Å². The molecule has 122 valence electrons. The molecule has 0 saturated carbocycles. The molecule has 1 saturated heterocycles. The average molecular weight is 318 g/mol. The quantitative estimate of drug-likeness (QED) is 0.842. The van der Waals surface area contributed by atoms with Crippen molar-refractivity contribution in [1.82, 2.24) is 10.3 Å². The van der Waals surface area contributed by atoms with E-state index in [0.29, 0.717) is 5.75 Å². The van der Waals surface area contributed by atoms with E-state index in [1.54, 1.807) is 6.07 Å². The van der Waals surface area contributed by atoms with Crippen LogP contribution < -0.4 is 5.32 Å². The van der Waals surface area contributed by atoms with Crippen LogP contribution in [0.3, 0.4) is 0 Å². The summed E-state index contributed by atoms with van der Waals surface area (Å²) in [5.74, 6) is 0.342. The van der Waals surface area contributed by atoms with Gasteiger partial charge in [-0.15, -0.1) is 0 Å². The molecule has 0 atom stereocenters. The predicted molar refractivity (Wildman–Crippen MR) is 98.0 cm³/mol. The van der Waals surface area contributed by atoms with Crippen molar-refractivity contribution >= 4 is 11.6 Å². The molecular formula is C21H22N2O. The number of aryl methyl sites for hydroxylation is 2. The van der Waals surface area contributed by atoms with Crippen molar-refractivity contribution in [3.05, 3.63) is 70.6 Å². The van der Waals surface area contributed by atoms with Crippen LogP contribution in [-0.4, -0.2) is 23.2 Å². The highest BCUT2D eigenvalue weighted by Gasteiger charge is 2.23. The number of hydrogen-bond donors (Lipinski definition) is 2. The van der Waals surface area contributed by atoms with E-state index in [1.165, 1.54) is 27.8 Å². The average Bonchev–Trinajstić information content (AvgIpc) is 2.78. The Morgan fingerprint density at radius 2 is 1.83 bits per heavy atom. The molecule has 2 heterocycles. The SMILES string of the molecule is C=Cc1cnc2c(c1)CCc1cc(O)ccc1C2=C1CCNCC1. The van der Waals surface area contributed by atoms with Crippen molar-refractivity contribution in [3.8, 4) is 5.75 Å². The normalized spacial score (nSPS) is 17.0. The van der Waals surface area contributed by atoms with Gasteiger partial charge in [-0.25, -0.2) is 0 Å². The molecule has 0 radical (unpaired) electrons. The molecule has 2 aromatic rings. The van der Waals surface area contributed by atoms with Gasteiger partial charge in [0.2, 0.25) is 0 Å². The molecule has 1 aliphatic heterocycles. The minimum absolute atomic E-state index is 0.342. The number of nitrogens with one attached hydrogen (secondary N) is 1. The maximum absolute atomic E-state index is 9.92. The van der Waals surface area contributed by atoms with Crippen molar-refractivity contribution in [3.63, 3.8) is 0 Å². The summed E-state index contributed by atoms with van der Waals surface area (Å²) >= 11 is 0. The van der Waals surface area contributed by atoms with E-state index in [9.17, 15) is 5.11 Å². The number of aromatic hydroxyl groups is 1. The molecule has 1 fully saturated rings. The smallest absolute Gasteiger partial charge is 0.115 e. The lowest BCUT2D eigenvalue weighted by Gasteiger charge is -2.22. The Kier molecular flexibility index (Phi) is 3.95. The Morgan fingerprint density at radius 3 is 2.62 bits per heavy atom. The molecule has 0 unspecified atom stereocenters. The van der Waals surface area contributed by atoms with E-state index < -0.39 is 0 Å². The molecule has 24 heavy (non-hydrogen) atoms. The van der Waals surface area contributed by atoms with Gasteiger partial charge in [0.25, 0.3) is 0 Å². The van der Waals surface area contributed by atoms with E-state index in [2.05, 4.69) is 24.0 Å². The van der Waals surface area contributed by atoms with Crippen molar-refractivity contribution in [2.24, 2.45) is 0 Å². The molecule has 0 spiro atoms. The molecule has 4 rings (SSSR count). The summed E-state index contributed by atoms with van der Waals surface area (Å²) in [5.41, 5.74) is 8.68. The summed E-state index contributed by atoms with van der Waals surface area (Å²) in [6, 6.07) is 7.98. The number of phenols is 1. The first-order valence-corrected chi connectivity index (χ1v) is 8.63. The fourth-order valence-electron chi connectivity index (χ4n) is 3.82. The molecule has 0 amide bonds. The number of fused-ring (bicyclic) bond motifs is 2. The van der Waals surface area contributed by atoms with Crippen LogP contribution in [-0.2, 0) is 12.8 Å². The molecule has 1 aliphatic carbocycles. The fourth-order valence-corrected chi connectivity index (χ4v) is 3.82. The van der Waals surface area contributed by atoms with Crippen LogP contribution in [0.15, 0.2) is 42.6 Å². The summed E-state index contributed by atoms with van der Waals surface area (Å²) in [4.78, 5) is 4.82. The first-order valence-electron chi connectivity index (χ1n) is 8.63. The van der Waals surface area contributed by atoms with Gasteiger partial charge in [0, 0.05) is 11.8 Å². The summed E-state index contributed by atoms with van der Waals surface area (Å²) in [7, 11) is 0. The largest absolute Gasteiger partial charge is 0.508 e. The first-order chi connectivity index (χ1) is 11.8. The Balaban J connectivity index is 1.97. The highest BCUT2D eigenvalue weighted by molar-refractivity contribution is 5.85. The van der Waals surface area contributed by atoms with Gasteiger partial charge in [-0.2, -0.15) is 0 Å². The molecule has 0 bridgehead atoms. The molecular weight excluding hydrogens is 296 g/mol. The van der Waals surface area contributed by atoms with E-state index >= 15 is 0 Å². The Labute approximate surface area is 142 Å². The lowest BCUT2D eigenvalue weighted by atomic mass is 9.89. The minimum Gasteiger partial charge on any atom is -0.508 e. The number of pyridine rings is 1. The maximum atomic E-state index is 9.92. The van der Waals surface area contributed by atoms with Gasteiger partial charge in [0.05, 0.1) is 5.69 Å². The van der Waals surface area contributed by atoms with Crippen molar-refractivity contribution in [2.75, 3.05) is 13.1 Å². The molecule has 2 aliphatic rings. The van der Waals surface area contributed by atoms with E-state index in [4.69, 9.17) is 4.98 Å². The number of piperidine rings is 1. The maximum Gasteiger partial charge on any atom is 0.115 e. The fraction of sp³-hybridized carbons (Fsp3) is 0.286. The van der Waals surface area contributed by atoms with Crippen LogP contribution in [0.2, 0.25) is 0 Å². The zero-order chi connectivity index (χ0) is 16.5. The first kappa shape index (κ1) is 15.2. The molecule has 3 heteroatoms. The second-order valence-electron chi connectivity index (χ2n) is 6.55. The van der Waals surface area contributed by atoms with Gasteiger partial charge < -0.3 is 10.4 Å².